The summed E-state index contributed by atoms with van der Waals surface area (Å²) in [5, 5.41) is 5.81. The first kappa shape index (κ1) is 12.4. The number of benzene rings is 1. The average molecular weight is 248 g/mol. The number of methoxy groups -OCH3 is 1. The molecule has 0 aliphatic carbocycles. The zero-order valence-electron chi connectivity index (χ0n) is 10.2. The van der Waals surface area contributed by atoms with Gasteiger partial charge in [-0.15, -0.1) is 0 Å². The van der Waals surface area contributed by atoms with E-state index >= 15 is 0 Å². The summed E-state index contributed by atoms with van der Waals surface area (Å²) in [6.45, 7) is 0.683. The van der Waals surface area contributed by atoms with Crippen LogP contribution in [0.3, 0.4) is 0 Å². The lowest BCUT2D eigenvalue weighted by molar-refractivity contribution is -0.141. The van der Waals surface area contributed by atoms with Crippen molar-refractivity contribution in [2.24, 2.45) is 0 Å². The van der Waals surface area contributed by atoms with Gasteiger partial charge in [-0.25, -0.2) is 0 Å². The third kappa shape index (κ3) is 2.80. The summed E-state index contributed by atoms with van der Waals surface area (Å²) in [7, 11) is 1.30. The summed E-state index contributed by atoms with van der Waals surface area (Å²) in [6, 6.07) is 7.95. The minimum atomic E-state index is -0.437. The number of fused-ring (bicyclic) bond motifs is 1. The smallest absolute Gasteiger partial charge is 0.325 e. The third-order valence-corrected chi connectivity index (χ3v) is 3.03. The Morgan fingerprint density at radius 2 is 2.22 bits per heavy atom. The van der Waals surface area contributed by atoms with Crippen LogP contribution in [0.15, 0.2) is 24.3 Å². The van der Waals surface area contributed by atoms with Crippen molar-refractivity contribution in [2.45, 2.75) is 12.3 Å². The maximum atomic E-state index is 11.7. The molecule has 1 unspecified atom stereocenters. The molecule has 5 nitrogen and oxygen atoms in total. The fourth-order valence-electron chi connectivity index (χ4n) is 2.08. The summed E-state index contributed by atoms with van der Waals surface area (Å²) in [5.74, 6) is -0.406. The molecule has 1 aliphatic heterocycles. The van der Waals surface area contributed by atoms with Crippen molar-refractivity contribution in [1.29, 1.82) is 0 Å². The Morgan fingerprint density at radius 1 is 1.44 bits per heavy atom. The summed E-state index contributed by atoms with van der Waals surface area (Å²) < 4.78 is 4.46. The number of para-hydroxylation sites is 1. The van der Waals surface area contributed by atoms with Gasteiger partial charge in [0.05, 0.1) is 7.11 Å². The van der Waals surface area contributed by atoms with Crippen molar-refractivity contribution in [3.05, 3.63) is 29.8 Å². The average Bonchev–Trinajstić information content (AvgIpc) is 2.79. The van der Waals surface area contributed by atoms with Gasteiger partial charge >= 0.3 is 5.97 Å². The Morgan fingerprint density at radius 3 is 3.00 bits per heavy atom. The molecule has 1 aromatic rings. The van der Waals surface area contributed by atoms with E-state index < -0.39 is 5.97 Å². The molecule has 2 rings (SSSR count). The molecule has 96 valence electrons. The van der Waals surface area contributed by atoms with Crippen LogP contribution < -0.4 is 10.6 Å². The molecule has 1 atom stereocenters. The minimum absolute atomic E-state index is 0.0723. The van der Waals surface area contributed by atoms with Gasteiger partial charge in [0.1, 0.15) is 6.54 Å². The first-order valence-electron chi connectivity index (χ1n) is 5.87. The molecule has 2 N–H and O–H groups in total. The van der Waals surface area contributed by atoms with Crippen molar-refractivity contribution >= 4 is 17.6 Å². The second-order valence-corrected chi connectivity index (χ2v) is 4.22. The van der Waals surface area contributed by atoms with E-state index in [1.54, 1.807) is 0 Å². The number of ether oxygens (including phenoxy) is 1. The minimum Gasteiger partial charge on any atom is -0.468 e. The van der Waals surface area contributed by atoms with Crippen LogP contribution >= 0.6 is 0 Å². The number of nitrogens with one attached hydrogen (secondary N) is 2. The van der Waals surface area contributed by atoms with Gasteiger partial charge in [-0.2, -0.15) is 0 Å². The fourth-order valence-corrected chi connectivity index (χ4v) is 2.08. The molecule has 0 fully saturated rings. The number of carbonyl (C=O) groups excluding carboxylic acids is 2. The standard InChI is InChI=1S/C13H16N2O3/c1-18-13(17)8-15-12(16)6-9-7-14-11-5-3-2-4-10(9)11/h2-5,9,14H,6-8H2,1H3,(H,15,16). The topological polar surface area (TPSA) is 67.4 Å². The van der Waals surface area contributed by atoms with Gasteiger partial charge in [0, 0.05) is 24.6 Å². The molecule has 1 aliphatic rings. The van der Waals surface area contributed by atoms with E-state index in [0.717, 1.165) is 17.8 Å². The normalized spacial score (nSPS) is 16.6. The number of hydrogen-bond acceptors (Lipinski definition) is 4. The zero-order chi connectivity index (χ0) is 13.0. The number of rotatable bonds is 4. The molecular formula is C13H16N2O3. The Kier molecular flexibility index (Phi) is 3.82. The number of hydrogen-bond donors (Lipinski definition) is 2. The van der Waals surface area contributed by atoms with Crippen LogP contribution in [0.5, 0.6) is 0 Å². The van der Waals surface area contributed by atoms with Crippen molar-refractivity contribution in [1.82, 2.24) is 5.32 Å². The molecule has 1 amide bonds. The van der Waals surface area contributed by atoms with Gasteiger partial charge in [-0.05, 0) is 11.6 Å². The molecule has 0 saturated heterocycles. The molecule has 0 bridgehead atoms. The van der Waals surface area contributed by atoms with E-state index in [4.69, 9.17) is 0 Å². The van der Waals surface area contributed by atoms with Crippen LogP contribution in [0.25, 0.3) is 0 Å². The van der Waals surface area contributed by atoms with Crippen LogP contribution in [0.4, 0.5) is 5.69 Å². The summed E-state index contributed by atoms with van der Waals surface area (Å²) in [5.41, 5.74) is 2.24. The third-order valence-electron chi connectivity index (χ3n) is 3.03. The van der Waals surface area contributed by atoms with Gasteiger partial charge in [0.2, 0.25) is 5.91 Å². The molecule has 0 radical (unpaired) electrons. The summed E-state index contributed by atoms with van der Waals surface area (Å²) in [4.78, 5) is 22.6. The highest BCUT2D eigenvalue weighted by Gasteiger charge is 2.23. The first-order valence-corrected chi connectivity index (χ1v) is 5.87. The zero-order valence-corrected chi connectivity index (χ0v) is 10.2. The maximum absolute atomic E-state index is 11.7. The van der Waals surface area contributed by atoms with Crippen LogP contribution in [0.1, 0.15) is 17.9 Å². The lowest BCUT2D eigenvalue weighted by Gasteiger charge is -2.09. The molecule has 1 aromatic carbocycles. The number of carbonyl (C=O) groups is 2. The molecule has 1 heterocycles. The van der Waals surface area contributed by atoms with Gasteiger partial charge in [-0.1, -0.05) is 18.2 Å². The van der Waals surface area contributed by atoms with Gasteiger partial charge in [-0.3, -0.25) is 9.59 Å². The largest absolute Gasteiger partial charge is 0.468 e. The van der Waals surface area contributed by atoms with Gasteiger partial charge < -0.3 is 15.4 Å². The summed E-state index contributed by atoms with van der Waals surface area (Å²) >= 11 is 0. The van der Waals surface area contributed by atoms with Crippen molar-refractivity contribution in [3.63, 3.8) is 0 Å². The van der Waals surface area contributed by atoms with Crippen molar-refractivity contribution < 1.29 is 14.3 Å². The van der Waals surface area contributed by atoms with Gasteiger partial charge in [0.25, 0.3) is 0 Å². The Hall–Kier alpha value is -2.04. The predicted molar refractivity (Wildman–Crippen MR) is 67.3 cm³/mol. The highest BCUT2D eigenvalue weighted by molar-refractivity contribution is 5.82. The molecule has 0 aromatic heterocycles. The fraction of sp³-hybridized carbons (Fsp3) is 0.385. The first-order chi connectivity index (χ1) is 8.70. The maximum Gasteiger partial charge on any atom is 0.325 e. The number of amides is 1. The van der Waals surface area contributed by atoms with Crippen LogP contribution in [0, 0.1) is 0 Å². The molecule has 18 heavy (non-hydrogen) atoms. The van der Waals surface area contributed by atoms with Crippen LogP contribution in [-0.2, 0) is 14.3 Å². The SMILES string of the molecule is COC(=O)CNC(=O)CC1CNc2ccccc21. The molecule has 0 spiro atoms. The molecular weight excluding hydrogens is 232 g/mol. The van der Waals surface area contributed by atoms with E-state index in [1.807, 2.05) is 24.3 Å². The van der Waals surface area contributed by atoms with Crippen LogP contribution in [0.2, 0.25) is 0 Å². The quantitative estimate of drug-likeness (QED) is 0.776. The highest BCUT2D eigenvalue weighted by Crippen LogP contribution is 2.32. The van der Waals surface area contributed by atoms with E-state index in [2.05, 4.69) is 15.4 Å². The van der Waals surface area contributed by atoms with Gasteiger partial charge in [0.15, 0.2) is 0 Å². The molecule has 0 saturated carbocycles. The number of esters is 1. The highest BCUT2D eigenvalue weighted by atomic mass is 16.5. The van der Waals surface area contributed by atoms with Crippen molar-refractivity contribution in [2.75, 3.05) is 25.5 Å². The van der Waals surface area contributed by atoms with Crippen molar-refractivity contribution in [3.8, 4) is 0 Å². The lowest BCUT2D eigenvalue weighted by atomic mass is 9.98. The van der Waals surface area contributed by atoms with E-state index in [9.17, 15) is 9.59 Å². The lowest BCUT2D eigenvalue weighted by Crippen LogP contribution is -2.31. The second-order valence-electron chi connectivity index (χ2n) is 4.22. The second kappa shape index (κ2) is 5.53. The Bertz CT molecular complexity index is 459. The monoisotopic (exact) mass is 248 g/mol. The molecule has 5 heteroatoms. The van der Waals surface area contributed by atoms with E-state index in [-0.39, 0.29) is 18.4 Å². The predicted octanol–water partition coefficient (Wildman–Crippen LogP) is 0.875. The number of anilines is 1. The Balaban J connectivity index is 1.88. The summed E-state index contributed by atoms with van der Waals surface area (Å²) in [6.07, 6.45) is 0.376. The van der Waals surface area contributed by atoms with E-state index in [1.165, 1.54) is 7.11 Å². The van der Waals surface area contributed by atoms with Crippen LogP contribution in [-0.4, -0.2) is 32.1 Å². The Labute approximate surface area is 106 Å². The van der Waals surface area contributed by atoms with E-state index in [0.29, 0.717) is 6.42 Å².